The number of hydrogen-bond acceptors (Lipinski definition) is 3. The van der Waals surface area contributed by atoms with Crippen LogP contribution in [0.2, 0.25) is 0 Å². The van der Waals surface area contributed by atoms with E-state index in [0.29, 0.717) is 17.9 Å². The monoisotopic (exact) mass is 255 g/mol. The maximum atomic E-state index is 13.6. The molecule has 0 bridgehead atoms. The highest BCUT2D eigenvalue weighted by Gasteiger charge is 2.09. The second kappa shape index (κ2) is 7.34. The average molecular weight is 255 g/mol. The van der Waals surface area contributed by atoms with E-state index in [0.717, 1.165) is 19.6 Å². The van der Waals surface area contributed by atoms with E-state index in [1.165, 1.54) is 6.07 Å². The summed E-state index contributed by atoms with van der Waals surface area (Å²) >= 11 is 0. The van der Waals surface area contributed by atoms with Gasteiger partial charge in [-0.2, -0.15) is 0 Å². The molecule has 0 spiro atoms. The quantitative estimate of drug-likeness (QED) is 0.813. The van der Waals surface area contributed by atoms with Gasteiger partial charge >= 0.3 is 0 Å². The van der Waals surface area contributed by atoms with Crippen molar-refractivity contribution in [3.05, 3.63) is 29.6 Å². The first-order valence-corrected chi connectivity index (χ1v) is 6.41. The fourth-order valence-electron chi connectivity index (χ4n) is 1.77. The second-order valence-corrected chi connectivity index (χ2v) is 4.23. The Hall–Kier alpha value is -1.13. The van der Waals surface area contributed by atoms with Gasteiger partial charge in [0.1, 0.15) is 18.2 Å². The fourth-order valence-corrected chi connectivity index (χ4v) is 1.77. The van der Waals surface area contributed by atoms with Crippen LogP contribution in [-0.4, -0.2) is 36.2 Å². The molecule has 0 radical (unpaired) electrons. The summed E-state index contributed by atoms with van der Waals surface area (Å²) in [5.74, 6) is 0.0781. The van der Waals surface area contributed by atoms with Gasteiger partial charge in [-0.3, -0.25) is 0 Å². The van der Waals surface area contributed by atoms with E-state index in [2.05, 4.69) is 18.7 Å². The van der Waals surface area contributed by atoms with Crippen LogP contribution in [0.15, 0.2) is 18.2 Å². The summed E-state index contributed by atoms with van der Waals surface area (Å²) in [5.41, 5.74) is 0.297. The Morgan fingerprint density at radius 3 is 2.50 bits per heavy atom. The molecular weight excluding hydrogens is 233 g/mol. The van der Waals surface area contributed by atoms with Gasteiger partial charge in [-0.25, -0.2) is 4.39 Å². The Morgan fingerprint density at radius 1 is 1.33 bits per heavy atom. The minimum absolute atomic E-state index is 0.297. The van der Waals surface area contributed by atoms with Crippen molar-refractivity contribution in [1.82, 2.24) is 4.90 Å². The smallest absolute Gasteiger partial charge is 0.132 e. The number of benzene rings is 1. The van der Waals surface area contributed by atoms with Crippen molar-refractivity contribution in [2.75, 3.05) is 26.2 Å². The number of halogens is 1. The van der Waals surface area contributed by atoms with Crippen LogP contribution in [0, 0.1) is 5.82 Å². The molecule has 1 N–H and O–H groups in total. The number of hydrogen-bond donors (Lipinski definition) is 1. The van der Waals surface area contributed by atoms with E-state index in [4.69, 9.17) is 4.74 Å². The van der Waals surface area contributed by atoms with Crippen LogP contribution in [0.25, 0.3) is 0 Å². The Morgan fingerprint density at radius 2 is 2.00 bits per heavy atom. The number of likely N-dealkylation sites (N-methyl/N-ethyl adjacent to an activating group) is 1. The summed E-state index contributed by atoms with van der Waals surface area (Å²) in [7, 11) is 0. The number of aliphatic hydroxyl groups is 1. The summed E-state index contributed by atoms with van der Waals surface area (Å²) in [5, 5.41) is 9.32. The summed E-state index contributed by atoms with van der Waals surface area (Å²) in [6, 6.07) is 4.57. The highest BCUT2D eigenvalue weighted by molar-refractivity contribution is 5.29. The first kappa shape index (κ1) is 14.9. The lowest BCUT2D eigenvalue weighted by Crippen LogP contribution is -2.27. The summed E-state index contributed by atoms with van der Waals surface area (Å²) in [6.07, 6.45) is -0.797. The van der Waals surface area contributed by atoms with Gasteiger partial charge in [-0.15, -0.1) is 0 Å². The molecule has 4 heteroatoms. The molecule has 0 aliphatic carbocycles. The van der Waals surface area contributed by atoms with E-state index in [9.17, 15) is 9.50 Å². The molecule has 0 amide bonds. The number of ether oxygens (including phenoxy) is 1. The number of rotatable bonds is 7. The van der Waals surface area contributed by atoms with Gasteiger partial charge in [-0.05, 0) is 32.1 Å². The highest BCUT2D eigenvalue weighted by Crippen LogP contribution is 2.21. The lowest BCUT2D eigenvalue weighted by atomic mass is 10.1. The van der Waals surface area contributed by atoms with Gasteiger partial charge in [0.2, 0.25) is 0 Å². The molecule has 1 aromatic carbocycles. The maximum Gasteiger partial charge on any atom is 0.132 e. The largest absolute Gasteiger partial charge is 0.492 e. The maximum absolute atomic E-state index is 13.6. The van der Waals surface area contributed by atoms with E-state index in [-0.39, 0.29) is 0 Å². The molecule has 0 aliphatic rings. The third-order valence-corrected chi connectivity index (χ3v) is 2.99. The Balaban J connectivity index is 2.51. The van der Waals surface area contributed by atoms with Crippen LogP contribution in [0.5, 0.6) is 5.75 Å². The molecule has 102 valence electrons. The molecule has 0 unspecified atom stereocenters. The summed E-state index contributed by atoms with van der Waals surface area (Å²) in [4.78, 5) is 2.24. The van der Waals surface area contributed by atoms with Gasteiger partial charge in [0.25, 0.3) is 0 Å². The molecule has 0 heterocycles. The molecular formula is C14H22FNO2. The van der Waals surface area contributed by atoms with Gasteiger partial charge < -0.3 is 14.7 Å². The van der Waals surface area contributed by atoms with Crippen molar-refractivity contribution in [2.45, 2.75) is 26.9 Å². The molecule has 1 atom stereocenters. The van der Waals surface area contributed by atoms with E-state index in [1.54, 1.807) is 19.1 Å². The Bertz CT molecular complexity index is 365. The molecule has 0 fully saturated rings. The molecule has 0 aromatic heterocycles. The van der Waals surface area contributed by atoms with Crippen LogP contribution >= 0.6 is 0 Å². The third-order valence-electron chi connectivity index (χ3n) is 2.99. The van der Waals surface area contributed by atoms with Gasteiger partial charge in [0.15, 0.2) is 0 Å². The zero-order valence-corrected chi connectivity index (χ0v) is 11.3. The van der Waals surface area contributed by atoms with Crippen molar-refractivity contribution in [1.29, 1.82) is 0 Å². The predicted molar refractivity (Wildman–Crippen MR) is 70.3 cm³/mol. The average Bonchev–Trinajstić information content (AvgIpc) is 2.34. The van der Waals surface area contributed by atoms with Crippen LogP contribution in [0.4, 0.5) is 4.39 Å². The second-order valence-electron chi connectivity index (χ2n) is 4.23. The molecule has 0 saturated carbocycles. The van der Waals surface area contributed by atoms with Crippen molar-refractivity contribution < 1.29 is 14.2 Å². The lowest BCUT2D eigenvalue weighted by Gasteiger charge is -2.18. The topological polar surface area (TPSA) is 32.7 Å². The van der Waals surface area contributed by atoms with Gasteiger partial charge in [-0.1, -0.05) is 13.8 Å². The molecule has 1 aromatic rings. The molecule has 3 nitrogen and oxygen atoms in total. The SMILES string of the molecule is CCN(CC)CCOc1ccc([C@H](C)O)c(F)c1. The predicted octanol–water partition coefficient (Wildman–Crippen LogP) is 2.60. The van der Waals surface area contributed by atoms with Crippen LogP contribution in [0.3, 0.4) is 0 Å². The zero-order valence-electron chi connectivity index (χ0n) is 11.3. The van der Waals surface area contributed by atoms with E-state index >= 15 is 0 Å². The zero-order chi connectivity index (χ0) is 13.5. The summed E-state index contributed by atoms with van der Waals surface area (Å²) in [6.45, 7) is 9.06. The molecule has 1 rings (SSSR count). The van der Waals surface area contributed by atoms with Gasteiger partial charge in [0.05, 0.1) is 6.10 Å². The van der Waals surface area contributed by atoms with Crippen LogP contribution < -0.4 is 4.74 Å². The molecule has 0 aliphatic heterocycles. The standard InChI is InChI=1S/C14H22FNO2/c1-4-16(5-2)8-9-18-12-6-7-13(11(3)17)14(15)10-12/h6-7,10-11,17H,4-5,8-9H2,1-3H3/t11-/m0/s1. The third kappa shape index (κ3) is 4.27. The van der Waals surface area contributed by atoms with Crippen molar-refractivity contribution in [3.8, 4) is 5.75 Å². The number of aliphatic hydroxyl groups excluding tert-OH is 1. The first-order chi connectivity index (χ1) is 8.58. The van der Waals surface area contributed by atoms with Crippen molar-refractivity contribution in [3.63, 3.8) is 0 Å². The number of nitrogens with zero attached hydrogens (tertiary/aromatic N) is 1. The Labute approximate surface area is 108 Å². The molecule has 18 heavy (non-hydrogen) atoms. The van der Waals surface area contributed by atoms with Crippen LogP contribution in [-0.2, 0) is 0 Å². The van der Waals surface area contributed by atoms with Crippen LogP contribution in [0.1, 0.15) is 32.4 Å². The van der Waals surface area contributed by atoms with E-state index < -0.39 is 11.9 Å². The summed E-state index contributed by atoms with van der Waals surface area (Å²) < 4.78 is 19.1. The van der Waals surface area contributed by atoms with Crippen molar-refractivity contribution >= 4 is 0 Å². The minimum Gasteiger partial charge on any atom is -0.492 e. The first-order valence-electron chi connectivity index (χ1n) is 6.41. The van der Waals surface area contributed by atoms with Crippen molar-refractivity contribution in [2.24, 2.45) is 0 Å². The Kier molecular flexibility index (Phi) is 6.09. The molecule has 0 saturated heterocycles. The minimum atomic E-state index is -0.797. The highest BCUT2D eigenvalue weighted by atomic mass is 19.1. The normalized spacial score (nSPS) is 12.8. The van der Waals surface area contributed by atoms with E-state index in [1.807, 2.05) is 0 Å². The lowest BCUT2D eigenvalue weighted by molar-refractivity contribution is 0.193. The fraction of sp³-hybridized carbons (Fsp3) is 0.571. The van der Waals surface area contributed by atoms with Gasteiger partial charge in [0, 0.05) is 18.2 Å².